The van der Waals surface area contributed by atoms with E-state index in [4.69, 9.17) is 0 Å². The average Bonchev–Trinajstić information content (AvgIpc) is 2.61. The number of amides is 2. The van der Waals surface area contributed by atoms with Crippen LogP contribution in [0.5, 0.6) is 0 Å². The van der Waals surface area contributed by atoms with Gasteiger partial charge in [-0.2, -0.15) is 0 Å². The number of carbonyl (C=O) groups is 2. The molecule has 24 heavy (non-hydrogen) atoms. The van der Waals surface area contributed by atoms with Crippen LogP contribution in [0.15, 0.2) is 24.3 Å². The highest BCUT2D eigenvalue weighted by atomic mass is 16.2. The first kappa shape index (κ1) is 18.5. The van der Waals surface area contributed by atoms with Crippen molar-refractivity contribution in [2.45, 2.75) is 65.5 Å². The van der Waals surface area contributed by atoms with Crippen LogP contribution in [0.25, 0.3) is 0 Å². The number of benzene rings is 1. The summed E-state index contributed by atoms with van der Waals surface area (Å²) in [5, 5.41) is 6.09. The number of hydrogen-bond donors (Lipinski definition) is 2. The van der Waals surface area contributed by atoms with Gasteiger partial charge in [0.2, 0.25) is 11.8 Å². The summed E-state index contributed by atoms with van der Waals surface area (Å²) in [5.41, 5.74) is 2.34. The summed E-state index contributed by atoms with van der Waals surface area (Å²) in [6.45, 7) is 6.73. The molecule has 0 radical (unpaired) electrons. The molecule has 0 spiro atoms. The molecule has 1 aliphatic rings. The van der Waals surface area contributed by atoms with Crippen molar-refractivity contribution in [2.75, 3.05) is 0 Å². The lowest BCUT2D eigenvalue weighted by atomic mass is 9.81. The maximum Gasteiger partial charge on any atom is 0.223 e. The van der Waals surface area contributed by atoms with Crippen molar-refractivity contribution < 1.29 is 9.59 Å². The minimum atomic E-state index is 0.0445. The van der Waals surface area contributed by atoms with Gasteiger partial charge in [0.25, 0.3) is 0 Å². The van der Waals surface area contributed by atoms with Gasteiger partial charge in [-0.15, -0.1) is 0 Å². The summed E-state index contributed by atoms with van der Waals surface area (Å²) in [5.74, 6) is 0.391. The zero-order valence-corrected chi connectivity index (χ0v) is 15.1. The van der Waals surface area contributed by atoms with Crippen LogP contribution in [-0.2, 0) is 16.1 Å². The van der Waals surface area contributed by atoms with Gasteiger partial charge in [0.1, 0.15) is 0 Å². The molecule has 2 rings (SSSR count). The van der Waals surface area contributed by atoms with Crippen LogP contribution in [0.4, 0.5) is 0 Å². The third kappa shape index (κ3) is 5.36. The van der Waals surface area contributed by atoms with Gasteiger partial charge in [0.15, 0.2) is 0 Å². The standard InChI is InChI=1S/C20H30N2O2/c1-4-15(3)22-20(24)18-11-9-17(10-12-18)19(23)21-13-16-7-5-14(2)6-8-16/h5-8,15,17-18H,4,9-13H2,1-3H3,(H,21,23)(H,22,24). The van der Waals surface area contributed by atoms with Crippen LogP contribution in [-0.4, -0.2) is 17.9 Å². The normalized spacial score (nSPS) is 21.8. The lowest BCUT2D eigenvalue weighted by molar-refractivity contribution is -0.131. The molecule has 1 aromatic carbocycles. The summed E-state index contributed by atoms with van der Waals surface area (Å²) in [6.07, 6.45) is 4.18. The quantitative estimate of drug-likeness (QED) is 0.840. The Labute approximate surface area is 145 Å². The molecule has 0 saturated heterocycles. The van der Waals surface area contributed by atoms with Crippen LogP contribution in [0.1, 0.15) is 57.1 Å². The maximum absolute atomic E-state index is 12.3. The zero-order valence-electron chi connectivity index (χ0n) is 15.1. The molecule has 1 aliphatic carbocycles. The summed E-state index contributed by atoms with van der Waals surface area (Å²) in [4.78, 5) is 24.5. The van der Waals surface area contributed by atoms with Crippen molar-refractivity contribution in [3.05, 3.63) is 35.4 Å². The molecular formula is C20H30N2O2. The Morgan fingerprint density at radius 1 is 1.04 bits per heavy atom. The Kier molecular flexibility index (Phi) is 6.83. The fraction of sp³-hybridized carbons (Fsp3) is 0.600. The molecule has 2 amide bonds. The van der Waals surface area contributed by atoms with Crippen LogP contribution in [0.3, 0.4) is 0 Å². The minimum absolute atomic E-state index is 0.0445. The fourth-order valence-electron chi connectivity index (χ4n) is 3.12. The lowest BCUT2D eigenvalue weighted by Gasteiger charge is -2.28. The summed E-state index contributed by atoms with van der Waals surface area (Å²) >= 11 is 0. The maximum atomic E-state index is 12.3. The largest absolute Gasteiger partial charge is 0.353 e. The minimum Gasteiger partial charge on any atom is -0.353 e. The third-order valence-corrected chi connectivity index (χ3v) is 5.06. The molecule has 2 N–H and O–H groups in total. The van der Waals surface area contributed by atoms with E-state index in [1.807, 2.05) is 19.1 Å². The first-order valence-electron chi connectivity index (χ1n) is 9.13. The zero-order chi connectivity index (χ0) is 17.5. The third-order valence-electron chi connectivity index (χ3n) is 5.06. The molecule has 1 unspecified atom stereocenters. The monoisotopic (exact) mass is 330 g/mol. The Hall–Kier alpha value is -1.84. The first-order valence-corrected chi connectivity index (χ1v) is 9.13. The molecule has 0 heterocycles. The highest BCUT2D eigenvalue weighted by molar-refractivity contribution is 5.81. The topological polar surface area (TPSA) is 58.2 Å². The molecule has 1 saturated carbocycles. The first-order chi connectivity index (χ1) is 11.5. The molecule has 1 fully saturated rings. The predicted molar refractivity (Wildman–Crippen MR) is 96.4 cm³/mol. The van der Waals surface area contributed by atoms with Crippen molar-refractivity contribution in [3.63, 3.8) is 0 Å². The van der Waals surface area contributed by atoms with Gasteiger partial charge in [0, 0.05) is 24.4 Å². The molecule has 4 heteroatoms. The fourth-order valence-corrected chi connectivity index (χ4v) is 3.12. The van der Waals surface area contributed by atoms with E-state index in [-0.39, 0.29) is 29.7 Å². The van der Waals surface area contributed by atoms with Crippen LogP contribution in [0, 0.1) is 18.8 Å². The number of carbonyl (C=O) groups excluding carboxylic acids is 2. The number of aryl methyl sites for hydroxylation is 1. The van der Waals surface area contributed by atoms with Crippen molar-refractivity contribution in [3.8, 4) is 0 Å². The van der Waals surface area contributed by atoms with Crippen molar-refractivity contribution >= 4 is 11.8 Å². The van der Waals surface area contributed by atoms with E-state index in [0.717, 1.165) is 37.7 Å². The second kappa shape index (κ2) is 8.86. The smallest absolute Gasteiger partial charge is 0.223 e. The molecule has 1 aromatic rings. The predicted octanol–water partition coefficient (Wildman–Crippen LogP) is 3.33. The number of rotatable bonds is 6. The van der Waals surface area contributed by atoms with E-state index in [1.165, 1.54) is 5.56 Å². The van der Waals surface area contributed by atoms with E-state index >= 15 is 0 Å². The Morgan fingerprint density at radius 2 is 1.58 bits per heavy atom. The van der Waals surface area contributed by atoms with E-state index < -0.39 is 0 Å². The molecule has 1 atom stereocenters. The summed E-state index contributed by atoms with van der Waals surface area (Å²) in [6, 6.07) is 8.44. The lowest BCUT2D eigenvalue weighted by Crippen LogP contribution is -2.40. The van der Waals surface area contributed by atoms with Crippen LogP contribution in [0.2, 0.25) is 0 Å². The molecule has 4 nitrogen and oxygen atoms in total. The molecule has 0 bridgehead atoms. The average molecular weight is 330 g/mol. The summed E-state index contributed by atoms with van der Waals surface area (Å²) < 4.78 is 0. The molecule has 132 valence electrons. The summed E-state index contributed by atoms with van der Waals surface area (Å²) in [7, 11) is 0. The van der Waals surface area contributed by atoms with Crippen LogP contribution >= 0.6 is 0 Å². The Morgan fingerprint density at radius 3 is 2.12 bits per heavy atom. The van der Waals surface area contributed by atoms with Gasteiger partial charge in [-0.3, -0.25) is 9.59 Å². The van der Waals surface area contributed by atoms with E-state index in [1.54, 1.807) is 0 Å². The van der Waals surface area contributed by atoms with Crippen molar-refractivity contribution in [1.29, 1.82) is 0 Å². The second-order valence-electron chi connectivity index (χ2n) is 7.07. The molecule has 0 aliphatic heterocycles. The Balaban J connectivity index is 1.74. The Bertz CT molecular complexity index is 545. The van der Waals surface area contributed by atoms with E-state index in [2.05, 4.69) is 36.6 Å². The van der Waals surface area contributed by atoms with Gasteiger partial charge in [-0.1, -0.05) is 36.8 Å². The van der Waals surface area contributed by atoms with Gasteiger partial charge in [-0.05, 0) is 51.5 Å². The SMILES string of the molecule is CCC(C)NC(=O)C1CCC(C(=O)NCc2ccc(C)cc2)CC1. The van der Waals surface area contributed by atoms with E-state index in [0.29, 0.717) is 6.54 Å². The molecular weight excluding hydrogens is 300 g/mol. The van der Waals surface area contributed by atoms with Gasteiger partial charge >= 0.3 is 0 Å². The highest BCUT2D eigenvalue weighted by Gasteiger charge is 2.30. The van der Waals surface area contributed by atoms with Crippen molar-refractivity contribution in [2.24, 2.45) is 11.8 Å². The van der Waals surface area contributed by atoms with Crippen molar-refractivity contribution in [1.82, 2.24) is 10.6 Å². The van der Waals surface area contributed by atoms with Crippen LogP contribution < -0.4 is 10.6 Å². The number of hydrogen-bond acceptors (Lipinski definition) is 2. The number of nitrogens with one attached hydrogen (secondary N) is 2. The second-order valence-corrected chi connectivity index (χ2v) is 7.07. The highest BCUT2D eigenvalue weighted by Crippen LogP contribution is 2.29. The van der Waals surface area contributed by atoms with Gasteiger partial charge in [0.05, 0.1) is 0 Å². The van der Waals surface area contributed by atoms with Gasteiger partial charge < -0.3 is 10.6 Å². The van der Waals surface area contributed by atoms with Gasteiger partial charge in [-0.25, -0.2) is 0 Å². The van der Waals surface area contributed by atoms with E-state index in [9.17, 15) is 9.59 Å². The molecule has 0 aromatic heterocycles.